The number of nitrogens with zero attached hydrogens (tertiary/aromatic N) is 2. The largest absolute Gasteiger partial charge is 0.476 e. The SMILES string of the molecule is O=C(O)c1ncccc1NC(=O)N1CCCSCC1. The highest BCUT2D eigenvalue weighted by molar-refractivity contribution is 7.99. The number of nitrogens with one attached hydrogen (secondary N) is 1. The number of hydrogen-bond donors (Lipinski definition) is 2. The number of aromatic carboxylic acids is 1. The molecular weight excluding hydrogens is 266 g/mol. The average molecular weight is 281 g/mol. The van der Waals surface area contributed by atoms with Crippen molar-refractivity contribution in [2.45, 2.75) is 6.42 Å². The van der Waals surface area contributed by atoms with Crippen molar-refractivity contribution in [1.82, 2.24) is 9.88 Å². The molecule has 7 heteroatoms. The molecule has 2 heterocycles. The van der Waals surface area contributed by atoms with Crippen LogP contribution in [0.2, 0.25) is 0 Å². The van der Waals surface area contributed by atoms with E-state index < -0.39 is 5.97 Å². The molecule has 0 spiro atoms. The third-order valence-corrected chi connectivity index (χ3v) is 3.81. The zero-order valence-electron chi connectivity index (χ0n) is 10.3. The molecule has 1 aromatic heterocycles. The van der Waals surface area contributed by atoms with Gasteiger partial charge in [0.05, 0.1) is 5.69 Å². The van der Waals surface area contributed by atoms with Crippen LogP contribution in [-0.2, 0) is 0 Å². The molecule has 1 aliphatic heterocycles. The monoisotopic (exact) mass is 281 g/mol. The highest BCUT2D eigenvalue weighted by Crippen LogP contribution is 2.15. The lowest BCUT2D eigenvalue weighted by Gasteiger charge is -2.20. The number of anilines is 1. The van der Waals surface area contributed by atoms with Crippen molar-refractivity contribution in [2.75, 3.05) is 29.9 Å². The van der Waals surface area contributed by atoms with E-state index >= 15 is 0 Å². The van der Waals surface area contributed by atoms with Crippen LogP contribution in [-0.4, -0.2) is 51.6 Å². The minimum absolute atomic E-state index is 0.139. The van der Waals surface area contributed by atoms with Crippen molar-refractivity contribution >= 4 is 29.4 Å². The quantitative estimate of drug-likeness (QED) is 0.863. The van der Waals surface area contributed by atoms with E-state index in [1.165, 1.54) is 6.20 Å². The Kier molecular flexibility index (Phi) is 4.62. The molecule has 1 saturated heterocycles. The number of aromatic nitrogens is 1. The van der Waals surface area contributed by atoms with Gasteiger partial charge in [0.15, 0.2) is 5.69 Å². The second-order valence-electron chi connectivity index (χ2n) is 4.09. The van der Waals surface area contributed by atoms with Crippen LogP contribution >= 0.6 is 11.8 Å². The fraction of sp³-hybridized carbons (Fsp3) is 0.417. The maximum Gasteiger partial charge on any atom is 0.356 e. The summed E-state index contributed by atoms with van der Waals surface area (Å²) in [6.45, 7) is 1.38. The molecule has 2 rings (SSSR count). The van der Waals surface area contributed by atoms with Crippen LogP contribution in [0, 0.1) is 0 Å². The van der Waals surface area contributed by atoms with Gasteiger partial charge in [0.1, 0.15) is 0 Å². The van der Waals surface area contributed by atoms with Crippen LogP contribution in [0.5, 0.6) is 0 Å². The first-order valence-corrected chi connectivity index (χ1v) is 7.16. The Hall–Kier alpha value is -1.76. The number of hydrogen-bond acceptors (Lipinski definition) is 4. The first-order chi connectivity index (χ1) is 9.18. The molecule has 1 aromatic rings. The van der Waals surface area contributed by atoms with Gasteiger partial charge in [-0.25, -0.2) is 14.6 Å². The molecule has 1 aliphatic rings. The number of urea groups is 1. The zero-order valence-corrected chi connectivity index (χ0v) is 11.2. The number of rotatable bonds is 2. The second-order valence-corrected chi connectivity index (χ2v) is 5.31. The van der Waals surface area contributed by atoms with Gasteiger partial charge >= 0.3 is 12.0 Å². The highest BCUT2D eigenvalue weighted by Gasteiger charge is 2.18. The Bertz CT molecular complexity index is 473. The molecule has 0 radical (unpaired) electrons. The lowest BCUT2D eigenvalue weighted by molar-refractivity contribution is 0.0691. The van der Waals surface area contributed by atoms with Crippen molar-refractivity contribution in [1.29, 1.82) is 0 Å². The fourth-order valence-electron chi connectivity index (χ4n) is 1.82. The smallest absolute Gasteiger partial charge is 0.356 e. The number of carboxylic acid groups (broad SMARTS) is 1. The third kappa shape index (κ3) is 3.60. The maximum absolute atomic E-state index is 12.1. The average Bonchev–Trinajstić information content (AvgIpc) is 2.68. The molecule has 2 amide bonds. The van der Waals surface area contributed by atoms with Crippen LogP contribution in [0.25, 0.3) is 0 Å². The number of carbonyl (C=O) groups excluding carboxylic acids is 1. The van der Waals surface area contributed by atoms with E-state index in [2.05, 4.69) is 10.3 Å². The van der Waals surface area contributed by atoms with Gasteiger partial charge in [-0.3, -0.25) is 0 Å². The van der Waals surface area contributed by atoms with Gasteiger partial charge in [-0.2, -0.15) is 11.8 Å². The minimum atomic E-state index is -1.15. The van der Waals surface area contributed by atoms with Gasteiger partial charge in [0.2, 0.25) is 0 Å². The number of amides is 2. The van der Waals surface area contributed by atoms with Crippen LogP contribution < -0.4 is 5.32 Å². The molecule has 0 bridgehead atoms. The summed E-state index contributed by atoms with van der Waals surface area (Å²) in [6.07, 6.45) is 2.35. The van der Waals surface area contributed by atoms with Crippen molar-refractivity contribution < 1.29 is 14.7 Å². The van der Waals surface area contributed by atoms with Gasteiger partial charge in [-0.15, -0.1) is 0 Å². The van der Waals surface area contributed by atoms with Crippen molar-refractivity contribution in [3.05, 3.63) is 24.0 Å². The van der Waals surface area contributed by atoms with Crippen LogP contribution in [0.15, 0.2) is 18.3 Å². The van der Waals surface area contributed by atoms with E-state index in [1.54, 1.807) is 17.0 Å². The number of carbonyl (C=O) groups is 2. The Morgan fingerprint density at radius 3 is 3.00 bits per heavy atom. The second kappa shape index (κ2) is 6.42. The van der Waals surface area contributed by atoms with Gasteiger partial charge in [-0.05, 0) is 24.3 Å². The van der Waals surface area contributed by atoms with Crippen molar-refractivity contribution in [3.8, 4) is 0 Å². The molecule has 1 fully saturated rings. The Morgan fingerprint density at radius 1 is 1.37 bits per heavy atom. The minimum Gasteiger partial charge on any atom is -0.476 e. The van der Waals surface area contributed by atoms with Gasteiger partial charge in [0.25, 0.3) is 0 Å². The molecule has 0 aliphatic carbocycles. The van der Waals surface area contributed by atoms with Gasteiger partial charge in [-0.1, -0.05) is 0 Å². The lowest BCUT2D eigenvalue weighted by atomic mass is 10.3. The normalized spacial score (nSPS) is 15.7. The molecular formula is C12H15N3O3S. The summed E-state index contributed by atoms with van der Waals surface area (Å²) >= 11 is 1.82. The molecule has 0 saturated carbocycles. The summed E-state index contributed by atoms with van der Waals surface area (Å²) in [5, 5.41) is 11.6. The Balaban J connectivity index is 2.07. The summed E-state index contributed by atoms with van der Waals surface area (Å²) in [5.41, 5.74) is 0.0944. The summed E-state index contributed by atoms with van der Waals surface area (Å²) in [7, 11) is 0. The molecule has 2 N–H and O–H groups in total. The van der Waals surface area contributed by atoms with Gasteiger partial charge < -0.3 is 15.3 Å². The molecule has 0 unspecified atom stereocenters. The molecule has 0 atom stereocenters. The van der Waals surface area contributed by atoms with E-state index in [9.17, 15) is 9.59 Å². The van der Waals surface area contributed by atoms with E-state index in [1.807, 2.05) is 11.8 Å². The Labute approximate surface area is 115 Å². The first kappa shape index (κ1) is 13.7. The summed E-state index contributed by atoms with van der Waals surface area (Å²) in [5.74, 6) is 0.811. The molecule has 6 nitrogen and oxygen atoms in total. The summed E-state index contributed by atoms with van der Waals surface area (Å²) < 4.78 is 0. The molecule has 102 valence electrons. The molecule has 19 heavy (non-hydrogen) atoms. The van der Waals surface area contributed by atoms with Crippen LogP contribution in [0.1, 0.15) is 16.9 Å². The highest BCUT2D eigenvalue weighted by atomic mass is 32.2. The first-order valence-electron chi connectivity index (χ1n) is 6.00. The predicted octanol–water partition coefficient (Wildman–Crippen LogP) is 1.75. The van der Waals surface area contributed by atoms with E-state index in [0.29, 0.717) is 13.1 Å². The standard InChI is InChI=1S/C12H15N3O3S/c16-11(17)10-9(3-1-4-13-10)14-12(18)15-5-2-7-19-8-6-15/h1,3-4H,2,5-8H2,(H,14,18)(H,16,17). The zero-order chi connectivity index (χ0) is 13.7. The Morgan fingerprint density at radius 2 is 2.21 bits per heavy atom. The van der Waals surface area contributed by atoms with Crippen LogP contribution in [0.4, 0.5) is 10.5 Å². The third-order valence-electron chi connectivity index (χ3n) is 2.76. The predicted molar refractivity (Wildman–Crippen MR) is 73.7 cm³/mol. The van der Waals surface area contributed by atoms with E-state index in [0.717, 1.165) is 17.9 Å². The van der Waals surface area contributed by atoms with Crippen LogP contribution in [0.3, 0.4) is 0 Å². The number of carboxylic acids is 1. The van der Waals surface area contributed by atoms with Crippen molar-refractivity contribution in [2.24, 2.45) is 0 Å². The topological polar surface area (TPSA) is 82.5 Å². The van der Waals surface area contributed by atoms with E-state index in [4.69, 9.17) is 5.11 Å². The molecule has 0 aromatic carbocycles. The fourth-order valence-corrected chi connectivity index (χ4v) is 2.71. The lowest BCUT2D eigenvalue weighted by Crippen LogP contribution is -2.36. The maximum atomic E-state index is 12.1. The van der Waals surface area contributed by atoms with E-state index in [-0.39, 0.29) is 17.4 Å². The van der Waals surface area contributed by atoms with Crippen molar-refractivity contribution in [3.63, 3.8) is 0 Å². The summed E-state index contributed by atoms with van der Waals surface area (Å²) in [4.78, 5) is 28.5. The van der Waals surface area contributed by atoms with Gasteiger partial charge in [0, 0.05) is 25.0 Å². The summed E-state index contributed by atoms with van der Waals surface area (Å²) in [6, 6.07) is 2.87. The number of thioether (sulfide) groups is 1. The number of pyridine rings is 1.